The van der Waals surface area contributed by atoms with Crippen molar-refractivity contribution in [3.8, 4) is 0 Å². The fourth-order valence-corrected chi connectivity index (χ4v) is 3.47. The van der Waals surface area contributed by atoms with E-state index in [1.807, 2.05) is 29.3 Å². The average molecular weight is 392 g/mol. The molecule has 3 aromatic rings. The van der Waals surface area contributed by atoms with Crippen LogP contribution in [-0.2, 0) is 0 Å². The van der Waals surface area contributed by atoms with Gasteiger partial charge in [-0.25, -0.2) is 0 Å². The Morgan fingerprint density at radius 1 is 1.00 bits per heavy atom. The number of hydrogen-bond acceptors (Lipinski definition) is 4. The van der Waals surface area contributed by atoms with Crippen molar-refractivity contribution in [3.05, 3.63) is 105 Å². The lowest BCUT2D eigenvalue weighted by molar-refractivity contribution is -0.384. The van der Waals surface area contributed by atoms with Crippen molar-refractivity contribution in [2.45, 2.75) is 19.4 Å². The number of nitrogens with zero attached hydrogens (tertiary/aromatic N) is 3. The van der Waals surface area contributed by atoms with Crippen LogP contribution in [0.5, 0.6) is 0 Å². The summed E-state index contributed by atoms with van der Waals surface area (Å²) in [6.07, 6.45) is 0.738. The highest BCUT2D eigenvalue weighted by molar-refractivity contribution is 6.30. The lowest BCUT2D eigenvalue weighted by Crippen LogP contribution is -2.18. The summed E-state index contributed by atoms with van der Waals surface area (Å²) < 4.78 is 0. The number of non-ortho nitro benzene ring substituents is 1. The van der Waals surface area contributed by atoms with E-state index < -0.39 is 4.92 Å². The predicted octanol–water partition coefficient (Wildman–Crippen LogP) is 5.91. The van der Waals surface area contributed by atoms with Crippen LogP contribution < -0.4 is 5.01 Å². The molecule has 0 aliphatic carbocycles. The molecule has 28 heavy (non-hydrogen) atoms. The van der Waals surface area contributed by atoms with Gasteiger partial charge in [-0.2, -0.15) is 5.10 Å². The molecule has 0 spiro atoms. The molecule has 1 atom stereocenters. The van der Waals surface area contributed by atoms with Crippen LogP contribution in [0.1, 0.15) is 29.2 Å². The van der Waals surface area contributed by atoms with Crippen LogP contribution in [0.4, 0.5) is 11.4 Å². The van der Waals surface area contributed by atoms with Crippen LogP contribution in [0.3, 0.4) is 0 Å². The first kappa shape index (κ1) is 18.2. The SMILES string of the molecule is Cc1ccc(C2=NN(c3ccc([N+](=O)[O-])cc3)[C@@H](c3ccc(Cl)cc3)C2)cc1. The van der Waals surface area contributed by atoms with Crippen molar-refractivity contribution < 1.29 is 4.92 Å². The third-order valence-corrected chi connectivity index (χ3v) is 5.13. The van der Waals surface area contributed by atoms with Gasteiger partial charge in [-0.15, -0.1) is 0 Å². The first-order valence-electron chi connectivity index (χ1n) is 8.95. The molecule has 3 aromatic carbocycles. The lowest BCUT2D eigenvalue weighted by atomic mass is 9.98. The summed E-state index contributed by atoms with van der Waals surface area (Å²) in [5.74, 6) is 0. The van der Waals surface area contributed by atoms with Crippen LogP contribution >= 0.6 is 11.6 Å². The molecule has 0 fully saturated rings. The fourth-order valence-electron chi connectivity index (χ4n) is 3.34. The van der Waals surface area contributed by atoms with Crippen molar-refractivity contribution in [2.75, 3.05) is 5.01 Å². The number of nitro groups is 1. The summed E-state index contributed by atoms with van der Waals surface area (Å²) in [5, 5.41) is 18.4. The summed E-state index contributed by atoms with van der Waals surface area (Å²) in [5.41, 5.74) is 5.23. The van der Waals surface area contributed by atoms with Gasteiger partial charge in [0.2, 0.25) is 0 Å². The number of hydrazone groups is 1. The zero-order chi connectivity index (χ0) is 19.7. The molecule has 0 saturated carbocycles. The molecule has 5 nitrogen and oxygen atoms in total. The minimum absolute atomic E-state index is 0.00461. The molecule has 0 unspecified atom stereocenters. The van der Waals surface area contributed by atoms with Crippen LogP contribution in [0.15, 0.2) is 77.9 Å². The molecule has 6 heteroatoms. The fraction of sp³-hybridized carbons (Fsp3) is 0.136. The monoisotopic (exact) mass is 391 g/mol. The molecule has 1 aliphatic heterocycles. The van der Waals surface area contributed by atoms with Crippen molar-refractivity contribution in [1.82, 2.24) is 0 Å². The Morgan fingerprint density at radius 3 is 2.25 bits per heavy atom. The van der Waals surface area contributed by atoms with Crippen molar-refractivity contribution in [2.24, 2.45) is 5.10 Å². The molecule has 140 valence electrons. The summed E-state index contributed by atoms with van der Waals surface area (Å²) in [6.45, 7) is 2.06. The van der Waals surface area contributed by atoms with E-state index in [0.717, 1.165) is 28.9 Å². The van der Waals surface area contributed by atoms with Gasteiger partial charge in [-0.3, -0.25) is 15.1 Å². The predicted molar refractivity (Wildman–Crippen MR) is 112 cm³/mol. The van der Waals surface area contributed by atoms with E-state index in [2.05, 4.69) is 31.2 Å². The Labute approximate surface area is 168 Å². The van der Waals surface area contributed by atoms with Gasteiger partial charge in [0.1, 0.15) is 0 Å². The van der Waals surface area contributed by atoms with Crippen LogP contribution in [0, 0.1) is 17.0 Å². The number of nitro benzene ring substituents is 1. The molecular formula is C22H18ClN3O2. The van der Waals surface area contributed by atoms with Gasteiger partial charge in [0.15, 0.2) is 0 Å². The van der Waals surface area contributed by atoms with Gasteiger partial charge in [0.05, 0.1) is 22.4 Å². The maximum atomic E-state index is 11.0. The first-order chi connectivity index (χ1) is 13.5. The smallest absolute Gasteiger partial charge is 0.258 e. The second kappa shape index (κ2) is 7.44. The topological polar surface area (TPSA) is 58.7 Å². The number of benzene rings is 3. The quantitative estimate of drug-likeness (QED) is 0.410. The third-order valence-electron chi connectivity index (χ3n) is 4.88. The van der Waals surface area contributed by atoms with Gasteiger partial charge in [0, 0.05) is 23.6 Å². The molecule has 0 N–H and O–H groups in total. The maximum absolute atomic E-state index is 11.0. The Kier molecular flexibility index (Phi) is 4.84. The molecule has 0 saturated heterocycles. The van der Waals surface area contributed by atoms with E-state index >= 15 is 0 Å². The number of anilines is 1. The van der Waals surface area contributed by atoms with Crippen molar-refractivity contribution in [1.29, 1.82) is 0 Å². The zero-order valence-corrected chi connectivity index (χ0v) is 16.0. The second-order valence-corrected chi connectivity index (χ2v) is 7.24. The summed E-state index contributed by atoms with van der Waals surface area (Å²) in [4.78, 5) is 10.6. The highest BCUT2D eigenvalue weighted by Crippen LogP contribution is 2.37. The highest BCUT2D eigenvalue weighted by Gasteiger charge is 2.30. The molecular weight excluding hydrogens is 374 g/mol. The molecule has 4 rings (SSSR count). The summed E-state index contributed by atoms with van der Waals surface area (Å²) in [6, 6.07) is 22.5. The molecule has 0 aromatic heterocycles. The number of aryl methyl sites for hydroxylation is 1. The van der Waals surface area contributed by atoms with E-state index in [9.17, 15) is 10.1 Å². The molecule has 1 aliphatic rings. The standard InChI is InChI=1S/C22H18ClN3O2/c1-15-2-4-16(5-3-15)21-14-22(17-6-8-18(23)9-7-17)25(24-21)19-10-12-20(13-11-19)26(27)28/h2-13,22H,14H2,1H3/t22-/m1/s1. The minimum Gasteiger partial charge on any atom is -0.258 e. The van der Waals surface area contributed by atoms with E-state index in [1.54, 1.807) is 12.1 Å². The maximum Gasteiger partial charge on any atom is 0.269 e. The van der Waals surface area contributed by atoms with E-state index in [-0.39, 0.29) is 11.7 Å². The van der Waals surface area contributed by atoms with Gasteiger partial charge < -0.3 is 0 Å². The number of rotatable bonds is 4. The Bertz CT molecular complexity index is 1030. The Morgan fingerprint density at radius 2 is 1.64 bits per heavy atom. The Balaban J connectivity index is 1.73. The van der Waals surface area contributed by atoms with Gasteiger partial charge in [0.25, 0.3) is 5.69 Å². The largest absolute Gasteiger partial charge is 0.269 e. The lowest BCUT2D eigenvalue weighted by Gasteiger charge is -2.24. The number of hydrogen-bond donors (Lipinski definition) is 0. The third kappa shape index (κ3) is 3.62. The van der Waals surface area contributed by atoms with Gasteiger partial charge in [-0.05, 0) is 42.3 Å². The molecule has 1 heterocycles. The summed E-state index contributed by atoms with van der Waals surface area (Å²) in [7, 11) is 0. The van der Waals surface area contributed by atoms with E-state index in [4.69, 9.17) is 16.7 Å². The van der Waals surface area contributed by atoms with Crippen molar-refractivity contribution >= 4 is 28.7 Å². The van der Waals surface area contributed by atoms with Gasteiger partial charge in [-0.1, -0.05) is 53.6 Å². The van der Waals surface area contributed by atoms with Crippen molar-refractivity contribution in [3.63, 3.8) is 0 Å². The minimum atomic E-state index is -0.397. The zero-order valence-electron chi connectivity index (χ0n) is 15.2. The Hall–Kier alpha value is -3.18. The molecule has 0 amide bonds. The van der Waals surface area contributed by atoms with Gasteiger partial charge >= 0.3 is 0 Å². The average Bonchev–Trinajstić information content (AvgIpc) is 3.14. The van der Waals surface area contributed by atoms with Crippen LogP contribution in [0.2, 0.25) is 5.02 Å². The highest BCUT2D eigenvalue weighted by atomic mass is 35.5. The normalized spacial score (nSPS) is 16.1. The van der Waals surface area contributed by atoms with Crippen LogP contribution in [0.25, 0.3) is 0 Å². The first-order valence-corrected chi connectivity index (χ1v) is 9.33. The molecule has 0 bridgehead atoms. The second-order valence-electron chi connectivity index (χ2n) is 6.80. The number of halogens is 1. The van der Waals surface area contributed by atoms with E-state index in [0.29, 0.717) is 5.02 Å². The van der Waals surface area contributed by atoms with E-state index in [1.165, 1.54) is 17.7 Å². The summed E-state index contributed by atoms with van der Waals surface area (Å²) >= 11 is 6.05. The van der Waals surface area contributed by atoms with Crippen LogP contribution in [-0.4, -0.2) is 10.6 Å². The molecule has 0 radical (unpaired) electrons.